The van der Waals surface area contributed by atoms with Crippen LogP contribution in [0.2, 0.25) is 0 Å². The lowest BCUT2D eigenvalue weighted by Crippen LogP contribution is -2.27. The SMILES string of the molecule is CCCCCCCCCCCCC1(O)C=CCCC1. The maximum Gasteiger partial charge on any atom is 0.0827 e. The van der Waals surface area contributed by atoms with E-state index >= 15 is 0 Å². The minimum Gasteiger partial charge on any atom is -0.386 e. The minimum atomic E-state index is -0.460. The summed E-state index contributed by atoms with van der Waals surface area (Å²) in [6.07, 6.45) is 22.1. The Morgan fingerprint density at radius 3 is 2.00 bits per heavy atom. The van der Waals surface area contributed by atoms with Gasteiger partial charge in [0.05, 0.1) is 5.60 Å². The maximum absolute atomic E-state index is 10.3. The average Bonchev–Trinajstić information content (AvgIpc) is 2.42. The second-order valence-corrected chi connectivity index (χ2v) is 6.33. The summed E-state index contributed by atoms with van der Waals surface area (Å²) >= 11 is 0. The Morgan fingerprint density at radius 1 is 0.895 bits per heavy atom. The van der Waals surface area contributed by atoms with Crippen molar-refractivity contribution in [1.29, 1.82) is 0 Å². The molecule has 0 aromatic rings. The Balaban J connectivity index is 1.86. The van der Waals surface area contributed by atoms with Crippen molar-refractivity contribution in [2.75, 3.05) is 0 Å². The lowest BCUT2D eigenvalue weighted by molar-refractivity contribution is 0.0628. The molecule has 0 aromatic heterocycles. The number of hydrogen-bond acceptors (Lipinski definition) is 1. The van der Waals surface area contributed by atoms with Gasteiger partial charge >= 0.3 is 0 Å². The Hall–Kier alpha value is -0.300. The molecular formula is C18H34O. The second kappa shape index (κ2) is 10.5. The Labute approximate surface area is 120 Å². The summed E-state index contributed by atoms with van der Waals surface area (Å²) in [4.78, 5) is 0. The van der Waals surface area contributed by atoms with E-state index < -0.39 is 5.60 Å². The summed E-state index contributed by atoms with van der Waals surface area (Å²) in [6.45, 7) is 2.27. The van der Waals surface area contributed by atoms with E-state index in [-0.39, 0.29) is 0 Å². The molecule has 0 bridgehead atoms. The molecule has 1 rings (SSSR count). The molecule has 0 saturated heterocycles. The number of unbranched alkanes of at least 4 members (excludes halogenated alkanes) is 9. The molecular weight excluding hydrogens is 232 g/mol. The molecule has 1 atom stereocenters. The molecule has 0 saturated carbocycles. The number of aliphatic hydroxyl groups is 1. The van der Waals surface area contributed by atoms with Crippen molar-refractivity contribution in [2.24, 2.45) is 0 Å². The molecule has 0 aromatic carbocycles. The van der Waals surface area contributed by atoms with E-state index in [0.717, 1.165) is 25.7 Å². The average molecular weight is 266 g/mol. The van der Waals surface area contributed by atoms with Crippen molar-refractivity contribution in [3.63, 3.8) is 0 Å². The van der Waals surface area contributed by atoms with Crippen molar-refractivity contribution >= 4 is 0 Å². The molecule has 0 heterocycles. The highest BCUT2D eigenvalue weighted by Gasteiger charge is 2.23. The van der Waals surface area contributed by atoms with Gasteiger partial charge in [0.2, 0.25) is 0 Å². The van der Waals surface area contributed by atoms with Gasteiger partial charge in [0.1, 0.15) is 0 Å². The quantitative estimate of drug-likeness (QED) is 0.372. The predicted molar refractivity (Wildman–Crippen MR) is 84.4 cm³/mol. The topological polar surface area (TPSA) is 20.2 Å². The van der Waals surface area contributed by atoms with Crippen LogP contribution in [0.15, 0.2) is 12.2 Å². The third kappa shape index (κ3) is 8.47. The normalized spacial score (nSPS) is 22.8. The van der Waals surface area contributed by atoms with Crippen molar-refractivity contribution in [2.45, 2.75) is 102 Å². The van der Waals surface area contributed by atoms with E-state index in [4.69, 9.17) is 0 Å². The van der Waals surface area contributed by atoms with E-state index in [1.807, 2.05) is 6.08 Å². The van der Waals surface area contributed by atoms with Gasteiger partial charge in [-0.1, -0.05) is 83.3 Å². The fourth-order valence-electron chi connectivity index (χ4n) is 3.04. The van der Waals surface area contributed by atoms with E-state index in [0.29, 0.717) is 0 Å². The van der Waals surface area contributed by atoms with Gasteiger partial charge in [-0.05, 0) is 25.7 Å². The van der Waals surface area contributed by atoms with Crippen molar-refractivity contribution in [3.05, 3.63) is 12.2 Å². The van der Waals surface area contributed by atoms with E-state index in [1.54, 1.807) is 0 Å². The van der Waals surface area contributed by atoms with Crippen LogP contribution in [-0.2, 0) is 0 Å². The minimum absolute atomic E-state index is 0.460. The molecule has 1 N–H and O–H groups in total. The van der Waals surface area contributed by atoms with Crippen LogP contribution in [0.4, 0.5) is 0 Å². The Bertz CT molecular complexity index is 234. The van der Waals surface area contributed by atoms with Crippen LogP contribution in [-0.4, -0.2) is 10.7 Å². The van der Waals surface area contributed by atoms with E-state index in [9.17, 15) is 5.11 Å². The molecule has 0 spiro atoms. The summed E-state index contributed by atoms with van der Waals surface area (Å²) in [6, 6.07) is 0. The molecule has 0 aliphatic heterocycles. The lowest BCUT2D eigenvalue weighted by atomic mass is 9.86. The predicted octanol–water partition coefficient (Wildman–Crippen LogP) is 5.77. The Morgan fingerprint density at radius 2 is 1.47 bits per heavy atom. The van der Waals surface area contributed by atoms with Crippen LogP contribution in [0.5, 0.6) is 0 Å². The van der Waals surface area contributed by atoms with Gasteiger partial charge in [0.15, 0.2) is 0 Å². The first kappa shape index (κ1) is 16.8. The summed E-state index contributed by atoms with van der Waals surface area (Å²) in [5.41, 5.74) is -0.460. The molecule has 1 aliphatic carbocycles. The van der Waals surface area contributed by atoms with Gasteiger partial charge in [-0.2, -0.15) is 0 Å². The molecule has 0 amide bonds. The third-order valence-corrected chi connectivity index (χ3v) is 4.37. The smallest absolute Gasteiger partial charge is 0.0827 e. The van der Waals surface area contributed by atoms with Crippen LogP contribution < -0.4 is 0 Å². The van der Waals surface area contributed by atoms with E-state index in [1.165, 1.54) is 64.2 Å². The van der Waals surface area contributed by atoms with Crippen LogP contribution in [0.25, 0.3) is 0 Å². The molecule has 0 radical (unpaired) electrons. The number of allylic oxidation sites excluding steroid dienone is 1. The van der Waals surface area contributed by atoms with Crippen LogP contribution in [0, 0.1) is 0 Å². The monoisotopic (exact) mass is 266 g/mol. The zero-order valence-electron chi connectivity index (χ0n) is 13.0. The number of hydrogen-bond donors (Lipinski definition) is 1. The van der Waals surface area contributed by atoms with Gasteiger partial charge in [-0.15, -0.1) is 0 Å². The van der Waals surface area contributed by atoms with Crippen molar-refractivity contribution < 1.29 is 5.11 Å². The fraction of sp³-hybridized carbons (Fsp3) is 0.889. The van der Waals surface area contributed by atoms with Gasteiger partial charge in [0, 0.05) is 0 Å². The van der Waals surface area contributed by atoms with Gasteiger partial charge < -0.3 is 5.11 Å². The first-order valence-corrected chi connectivity index (χ1v) is 8.67. The van der Waals surface area contributed by atoms with E-state index in [2.05, 4.69) is 13.0 Å². The first-order chi connectivity index (χ1) is 9.27. The summed E-state index contributed by atoms with van der Waals surface area (Å²) < 4.78 is 0. The fourth-order valence-corrected chi connectivity index (χ4v) is 3.04. The third-order valence-electron chi connectivity index (χ3n) is 4.37. The second-order valence-electron chi connectivity index (χ2n) is 6.33. The zero-order chi connectivity index (χ0) is 13.8. The van der Waals surface area contributed by atoms with Gasteiger partial charge in [-0.25, -0.2) is 0 Å². The molecule has 1 heteroatoms. The summed E-state index contributed by atoms with van der Waals surface area (Å²) in [5.74, 6) is 0. The highest BCUT2D eigenvalue weighted by molar-refractivity contribution is 5.04. The first-order valence-electron chi connectivity index (χ1n) is 8.67. The van der Waals surface area contributed by atoms with Crippen molar-refractivity contribution in [3.8, 4) is 0 Å². The summed E-state index contributed by atoms with van der Waals surface area (Å²) in [7, 11) is 0. The standard InChI is InChI=1S/C18H34O/c1-2-3-4-5-6-7-8-9-10-12-15-18(19)16-13-11-14-17-18/h13,16,19H,2-12,14-15,17H2,1H3. The molecule has 1 nitrogen and oxygen atoms in total. The lowest BCUT2D eigenvalue weighted by Gasteiger charge is -2.27. The zero-order valence-corrected chi connectivity index (χ0v) is 13.0. The maximum atomic E-state index is 10.3. The molecule has 112 valence electrons. The largest absolute Gasteiger partial charge is 0.386 e. The van der Waals surface area contributed by atoms with Crippen LogP contribution in [0.1, 0.15) is 96.8 Å². The van der Waals surface area contributed by atoms with Crippen LogP contribution in [0.3, 0.4) is 0 Å². The molecule has 19 heavy (non-hydrogen) atoms. The van der Waals surface area contributed by atoms with Gasteiger partial charge in [0.25, 0.3) is 0 Å². The number of rotatable bonds is 11. The molecule has 0 fully saturated rings. The highest BCUT2D eigenvalue weighted by atomic mass is 16.3. The highest BCUT2D eigenvalue weighted by Crippen LogP contribution is 2.27. The molecule has 1 unspecified atom stereocenters. The van der Waals surface area contributed by atoms with Gasteiger partial charge in [-0.3, -0.25) is 0 Å². The Kier molecular flexibility index (Phi) is 9.24. The molecule has 1 aliphatic rings. The summed E-state index contributed by atoms with van der Waals surface area (Å²) in [5, 5.41) is 10.3. The van der Waals surface area contributed by atoms with Crippen LogP contribution >= 0.6 is 0 Å². The van der Waals surface area contributed by atoms with Crippen molar-refractivity contribution in [1.82, 2.24) is 0 Å².